The van der Waals surface area contributed by atoms with Crippen molar-refractivity contribution in [3.63, 3.8) is 0 Å². The highest BCUT2D eigenvalue weighted by molar-refractivity contribution is 7.80. The van der Waals surface area contributed by atoms with Crippen LogP contribution in [-0.2, 0) is 0 Å². The SMILES string of the molecule is CC(C)COc1cc(-c2ccc(C3CCC(S)CC3)cc2OCC(C)C)ccc1NC(=O)c1ccc([N+](=O)[O-])c(OCCO)c1. The van der Waals surface area contributed by atoms with Crippen molar-refractivity contribution in [2.75, 3.05) is 31.7 Å². The first-order chi connectivity index (χ1) is 21.5. The number of nitrogens with zero attached hydrogens (tertiary/aromatic N) is 1. The number of ether oxygens (including phenoxy) is 3. The van der Waals surface area contributed by atoms with E-state index in [1.54, 1.807) is 6.07 Å². The van der Waals surface area contributed by atoms with Crippen LogP contribution in [0.5, 0.6) is 17.2 Å². The highest BCUT2D eigenvalue weighted by Crippen LogP contribution is 2.41. The van der Waals surface area contributed by atoms with Crippen LogP contribution < -0.4 is 19.5 Å². The van der Waals surface area contributed by atoms with Gasteiger partial charge in [0.25, 0.3) is 5.91 Å². The first-order valence-electron chi connectivity index (χ1n) is 15.6. The minimum absolute atomic E-state index is 0.0932. The molecular weight excluding hydrogens is 592 g/mol. The van der Waals surface area contributed by atoms with Crippen molar-refractivity contribution in [1.82, 2.24) is 0 Å². The number of carbonyl (C=O) groups is 1. The first-order valence-corrected chi connectivity index (χ1v) is 16.1. The van der Waals surface area contributed by atoms with Gasteiger partial charge in [-0.25, -0.2) is 0 Å². The van der Waals surface area contributed by atoms with E-state index in [0.717, 1.165) is 42.6 Å². The van der Waals surface area contributed by atoms with Crippen LogP contribution in [0.4, 0.5) is 11.4 Å². The Balaban J connectivity index is 1.66. The standard InChI is InChI=1S/C35H44N2O7S/c1-22(2)20-43-32-17-25(24-5-10-28(45)11-6-24)7-12-29(32)26-8-13-30(33(18-26)44-21-23(3)4)36-35(39)27-9-14-31(37(40)41)34(19-27)42-16-15-38/h7-9,12-14,17-19,22-24,28,38,45H,5-6,10-11,15-16,20-21H2,1-4H3,(H,36,39). The Morgan fingerprint density at radius 2 is 1.60 bits per heavy atom. The van der Waals surface area contributed by atoms with Gasteiger partial charge in [-0.15, -0.1) is 0 Å². The second-order valence-electron chi connectivity index (χ2n) is 12.3. The molecule has 3 aromatic rings. The molecule has 0 atom stereocenters. The molecule has 9 nitrogen and oxygen atoms in total. The van der Waals surface area contributed by atoms with Gasteiger partial charge in [0, 0.05) is 28.5 Å². The number of hydrogen-bond donors (Lipinski definition) is 3. The minimum Gasteiger partial charge on any atom is -0.493 e. The molecule has 0 unspecified atom stereocenters. The molecule has 10 heteroatoms. The molecule has 242 valence electrons. The van der Waals surface area contributed by atoms with Crippen molar-refractivity contribution in [2.24, 2.45) is 11.8 Å². The fourth-order valence-electron chi connectivity index (χ4n) is 5.26. The van der Waals surface area contributed by atoms with E-state index in [4.69, 9.17) is 19.3 Å². The summed E-state index contributed by atoms with van der Waals surface area (Å²) in [6.07, 6.45) is 4.45. The van der Waals surface area contributed by atoms with Crippen LogP contribution >= 0.6 is 12.6 Å². The van der Waals surface area contributed by atoms with Gasteiger partial charge in [-0.3, -0.25) is 14.9 Å². The Hall–Kier alpha value is -3.76. The third-order valence-corrected chi connectivity index (χ3v) is 8.14. The number of nitro groups is 1. The van der Waals surface area contributed by atoms with Gasteiger partial charge in [0.2, 0.25) is 0 Å². The van der Waals surface area contributed by atoms with E-state index in [1.807, 2.05) is 26.0 Å². The lowest BCUT2D eigenvalue weighted by atomic mass is 9.83. The molecule has 0 saturated heterocycles. The van der Waals surface area contributed by atoms with E-state index >= 15 is 0 Å². The summed E-state index contributed by atoms with van der Waals surface area (Å²) in [7, 11) is 0. The average molecular weight is 637 g/mol. The fraction of sp³-hybridized carbons (Fsp3) is 0.457. The maximum atomic E-state index is 13.3. The summed E-state index contributed by atoms with van der Waals surface area (Å²) in [5.74, 6) is 1.83. The van der Waals surface area contributed by atoms with E-state index in [1.165, 1.54) is 23.8 Å². The molecular formula is C35H44N2O7S. The number of rotatable bonds is 14. The summed E-state index contributed by atoms with van der Waals surface area (Å²) < 4.78 is 17.9. The Labute approximate surface area is 270 Å². The number of aliphatic hydroxyl groups excluding tert-OH is 1. The molecule has 2 N–H and O–H groups in total. The Morgan fingerprint density at radius 3 is 2.24 bits per heavy atom. The highest BCUT2D eigenvalue weighted by atomic mass is 32.1. The lowest BCUT2D eigenvalue weighted by molar-refractivity contribution is -0.385. The molecule has 0 heterocycles. The van der Waals surface area contributed by atoms with Crippen LogP contribution in [0, 0.1) is 22.0 Å². The maximum absolute atomic E-state index is 13.3. The zero-order valence-corrected chi connectivity index (χ0v) is 27.3. The number of nitrogens with one attached hydrogen (secondary N) is 1. The Morgan fingerprint density at radius 1 is 0.911 bits per heavy atom. The van der Waals surface area contributed by atoms with Crippen molar-refractivity contribution in [1.29, 1.82) is 0 Å². The van der Waals surface area contributed by atoms with E-state index in [0.29, 0.717) is 41.7 Å². The van der Waals surface area contributed by atoms with Gasteiger partial charge in [-0.2, -0.15) is 12.6 Å². The van der Waals surface area contributed by atoms with Crippen LogP contribution in [0.2, 0.25) is 0 Å². The summed E-state index contributed by atoms with van der Waals surface area (Å²) >= 11 is 4.67. The van der Waals surface area contributed by atoms with Crippen LogP contribution in [0.1, 0.15) is 75.2 Å². The molecule has 0 spiro atoms. The lowest BCUT2D eigenvalue weighted by Crippen LogP contribution is -2.15. The molecule has 45 heavy (non-hydrogen) atoms. The zero-order chi connectivity index (χ0) is 32.5. The van der Waals surface area contributed by atoms with Crippen molar-refractivity contribution >= 4 is 29.9 Å². The molecule has 1 saturated carbocycles. The number of carbonyl (C=O) groups excluding carboxylic acids is 1. The predicted molar refractivity (Wildman–Crippen MR) is 180 cm³/mol. The van der Waals surface area contributed by atoms with Gasteiger partial charge in [-0.1, -0.05) is 45.9 Å². The van der Waals surface area contributed by atoms with Crippen molar-refractivity contribution < 1.29 is 29.0 Å². The van der Waals surface area contributed by atoms with Crippen molar-refractivity contribution in [2.45, 2.75) is 64.5 Å². The van der Waals surface area contributed by atoms with E-state index in [-0.39, 0.29) is 36.1 Å². The number of thiol groups is 1. The molecule has 1 aliphatic rings. The van der Waals surface area contributed by atoms with Gasteiger partial charge < -0.3 is 24.6 Å². The van der Waals surface area contributed by atoms with Crippen LogP contribution in [-0.4, -0.2) is 47.6 Å². The number of anilines is 1. The molecule has 0 radical (unpaired) electrons. The number of benzene rings is 3. The van der Waals surface area contributed by atoms with E-state index in [2.05, 4.69) is 50.0 Å². The minimum atomic E-state index is -0.594. The molecule has 3 aromatic carbocycles. The third-order valence-electron chi connectivity index (χ3n) is 7.63. The first kappa shape index (κ1) is 34.1. The van der Waals surface area contributed by atoms with Crippen molar-refractivity contribution in [3.05, 3.63) is 75.8 Å². The van der Waals surface area contributed by atoms with Crippen LogP contribution in [0.15, 0.2) is 54.6 Å². The molecule has 1 amide bonds. The second-order valence-corrected chi connectivity index (χ2v) is 13.1. The topological polar surface area (TPSA) is 120 Å². The quantitative estimate of drug-likeness (QED) is 0.0934. The summed E-state index contributed by atoms with van der Waals surface area (Å²) in [6, 6.07) is 16.0. The predicted octanol–water partition coefficient (Wildman–Crippen LogP) is 7.91. The maximum Gasteiger partial charge on any atom is 0.310 e. The van der Waals surface area contributed by atoms with E-state index < -0.39 is 10.8 Å². The average Bonchev–Trinajstić information content (AvgIpc) is 3.02. The van der Waals surface area contributed by atoms with Gasteiger partial charge in [0.15, 0.2) is 5.75 Å². The van der Waals surface area contributed by atoms with Gasteiger partial charge in [-0.05, 0) is 78.8 Å². The molecule has 4 rings (SSSR count). The summed E-state index contributed by atoms with van der Waals surface area (Å²) in [5, 5.41) is 23.9. The number of nitro benzene ring substituents is 1. The highest BCUT2D eigenvalue weighted by Gasteiger charge is 2.23. The van der Waals surface area contributed by atoms with Gasteiger partial charge in [0.1, 0.15) is 18.1 Å². The zero-order valence-electron chi connectivity index (χ0n) is 26.5. The van der Waals surface area contributed by atoms with E-state index in [9.17, 15) is 14.9 Å². The van der Waals surface area contributed by atoms with Gasteiger partial charge >= 0.3 is 5.69 Å². The normalized spacial score (nSPS) is 16.4. The Kier molecular flexibility index (Phi) is 12.1. The second kappa shape index (κ2) is 16.0. The van der Waals surface area contributed by atoms with Crippen LogP contribution in [0.3, 0.4) is 0 Å². The third kappa shape index (κ3) is 9.37. The Bertz CT molecular complexity index is 1470. The molecule has 1 fully saturated rings. The lowest BCUT2D eigenvalue weighted by Gasteiger charge is -2.27. The molecule has 0 bridgehead atoms. The summed E-state index contributed by atoms with van der Waals surface area (Å²) in [4.78, 5) is 24.1. The summed E-state index contributed by atoms with van der Waals surface area (Å²) in [5.41, 5.74) is 3.45. The molecule has 0 aliphatic heterocycles. The molecule has 0 aromatic heterocycles. The van der Waals surface area contributed by atoms with Gasteiger partial charge in [0.05, 0.1) is 30.4 Å². The summed E-state index contributed by atoms with van der Waals surface area (Å²) in [6.45, 7) is 8.91. The number of aliphatic hydroxyl groups is 1. The fourth-order valence-corrected chi connectivity index (χ4v) is 5.56. The number of hydrogen-bond acceptors (Lipinski definition) is 8. The van der Waals surface area contributed by atoms with Crippen molar-refractivity contribution in [3.8, 4) is 28.4 Å². The van der Waals surface area contributed by atoms with Crippen LogP contribution in [0.25, 0.3) is 11.1 Å². The monoisotopic (exact) mass is 636 g/mol. The smallest absolute Gasteiger partial charge is 0.310 e. The largest absolute Gasteiger partial charge is 0.493 e. The number of amides is 1. The molecule has 1 aliphatic carbocycles.